The zero-order chi connectivity index (χ0) is 18.2. The van der Waals surface area contributed by atoms with Crippen LogP contribution in [0, 0.1) is 0 Å². The summed E-state index contributed by atoms with van der Waals surface area (Å²) in [6.45, 7) is 0. The fourth-order valence-electron chi connectivity index (χ4n) is 2.89. The average Bonchev–Trinajstić information content (AvgIpc) is 3.33. The highest BCUT2D eigenvalue weighted by atomic mass is 35.5. The van der Waals surface area contributed by atoms with Crippen LogP contribution in [0.1, 0.15) is 0 Å². The quantitative estimate of drug-likeness (QED) is 0.373. The van der Waals surface area contributed by atoms with E-state index in [9.17, 15) is 0 Å². The number of anilines is 2. The van der Waals surface area contributed by atoms with Crippen LogP contribution in [0.25, 0.3) is 21.1 Å². The van der Waals surface area contributed by atoms with Crippen molar-refractivity contribution in [2.45, 2.75) is 0 Å². The number of aromatic amines is 1. The lowest BCUT2D eigenvalue weighted by atomic mass is 10.2. The SMILES string of the molecule is Clc1cc(Nc2ncnc3cc[nH]c23)ccc1Oc1ccc2ccsc2c1. The molecule has 0 spiro atoms. The second-order valence-electron chi connectivity index (χ2n) is 5.95. The molecule has 0 saturated carbocycles. The van der Waals surface area contributed by atoms with Crippen LogP contribution in [0.15, 0.2) is 66.4 Å². The predicted octanol–water partition coefficient (Wildman–Crippen LogP) is 6.36. The summed E-state index contributed by atoms with van der Waals surface area (Å²) in [5.41, 5.74) is 2.51. The molecule has 0 amide bonds. The molecular weight excluding hydrogens is 380 g/mol. The van der Waals surface area contributed by atoms with Gasteiger partial charge in [0.25, 0.3) is 0 Å². The molecule has 5 nitrogen and oxygen atoms in total. The van der Waals surface area contributed by atoms with E-state index in [1.165, 1.54) is 16.4 Å². The van der Waals surface area contributed by atoms with Crippen molar-refractivity contribution in [2.24, 2.45) is 0 Å². The number of nitrogens with one attached hydrogen (secondary N) is 2. The molecule has 0 fully saturated rings. The zero-order valence-corrected chi connectivity index (χ0v) is 15.5. The molecule has 3 aromatic heterocycles. The summed E-state index contributed by atoms with van der Waals surface area (Å²) in [5, 5.41) is 7.05. The maximum Gasteiger partial charge on any atom is 0.158 e. The van der Waals surface area contributed by atoms with Crippen LogP contribution in [0.5, 0.6) is 11.5 Å². The molecule has 0 aliphatic carbocycles. The van der Waals surface area contributed by atoms with Gasteiger partial charge in [0, 0.05) is 16.6 Å². The van der Waals surface area contributed by atoms with Gasteiger partial charge in [0.15, 0.2) is 5.82 Å². The number of H-pyrrole nitrogens is 1. The fourth-order valence-corrected chi connectivity index (χ4v) is 3.93. The summed E-state index contributed by atoms with van der Waals surface area (Å²) in [6, 6.07) is 15.6. The topological polar surface area (TPSA) is 62.8 Å². The summed E-state index contributed by atoms with van der Waals surface area (Å²) in [4.78, 5) is 11.6. The molecule has 7 heteroatoms. The number of hydrogen-bond acceptors (Lipinski definition) is 5. The number of fused-ring (bicyclic) bond motifs is 2. The molecule has 3 heterocycles. The Hall–Kier alpha value is -3.09. The number of ether oxygens (including phenoxy) is 1. The minimum absolute atomic E-state index is 0.517. The van der Waals surface area contributed by atoms with Crippen molar-refractivity contribution in [3.63, 3.8) is 0 Å². The number of hydrogen-bond donors (Lipinski definition) is 2. The molecule has 0 bridgehead atoms. The summed E-state index contributed by atoms with van der Waals surface area (Å²) in [7, 11) is 0. The van der Waals surface area contributed by atoms with Gasteiger partial charge in [0.2, 0.25) is 0 Å². The Bertz CT molecular complexity index is 1260. The second-order valence-corrected chi connectivity index (χ2v) is 7.31. The first-order valence-corrected chi connectivity index (χ1v) is 9.52. The normalized spacial score (nSPS) is 11.1. The van der Waals surface area contributed by atoms with Gasteiger partial charge >= 0.3 is 0 Å². The Labute approximate surface area is 163 Å². The highest BCUT2D eigenvalue weighted by Crippen LogP contribution is 2.34. The summed E-state index contributed by atoms with van der Waals surface area (Å²) >= 11 is 8.12. The second kappa shape index (κ2) is 6.57. The van der Waals surface area contributed by atoms with Gasteiger partial charge in [-0.05, 0) is 59.3 Å². The van der Waals surface area contributed by atoms with E-state index in [1.54, 1.807) is 11.3 Å². The third kappa shape index (κ3) is 3.09. The van der Waals surface area contributed by atoms with Gasteiger partial charge in [-0.15, -0.1) is 11.3 Å². The zero-order valence-electron chi connectivity index (χ0n) is 13.9. The van der Waals surface area contributed by atoms with Crippen LogP contribution in [0.4, 0.5) is 11.5 Å². The van der Waals surface area contributed by atoms with E-state index in [-0.39, 0.29) is 0 Å². The third-order valence-corrected chi connectivity index (χ3v) is 5.37. The summed E-state index contributed by atoms with van der Waals surface area (Å²) in [5.74, 6) is 2.06. The molecule has 0 atom stereocenters. The third-order valence-electron chi connectivity index (χ3n) is 4.20. The van der Waals surface area contributed by atoms with Crippen molar-refractivity contribution in [1.82, 2.24) is 15.0 Å². The molecule has 2 aromatic carbocycles. The minimum Gasteiger partial charge on any atom is -0.456 e. The van der Waals surface area contributed by atoms with E-state index in [2.05, 4.69) is 31.7 Å². The number of halogens is 1. The molecule has 0 aliphatic heterocycles. The van der Waals surface area contributed by atoms with Crippen LogP contribution >= 0.6 is 22.9 Å². The van der Waals surface area contributed by atoms with E-state index in [0.29, 0.717) is 16.6 Å². The van der Waals surface area contributed by atoms with Gasteiger partial charge in [-0.2, -0.15) is 0 Å². The van der Waals surface area contributed by atoms with Crippen molar-refractivity contribution in [2.75, 3.05) is 5.32 Å². The Morgan fingerprint density at radius 1 is 1.04 bits per heavy atom. The summed E-state index contributed by atoms with van der Waals surface area (Å²) in [6.07, 6.45) is 3.36. The maximum atomic E-state index is 6.44. The lowest BCUT2D eigenvalue weighted by molar-refractivity contribution is 0.484. The van der Waals surface area contributed by atoms with Crippen LogP contribution in [0.2, 0.25) is 5.02 Å². The molecule has 2 N–H and O–H groups in total. The highest BCUT2D eigenvalue weighted by molar-refractivity contribution is 7.17. The molecule has 27 heavy (non-hydrogen) atoms. The number of benzene rings is 2. The molecule has 0 unspecified atom stereocenters. The number of aromatic nitrogens is 3. The molecule has 132 valence electrons. The smallest absolute Gasteiger partial charge is 0.158 e. The van der Waals surface area contributed by atoms with Crippen molar-refractivity contribution < 1.29 is 4.74 Å². The van der Waals surface area contributed by atoms with Crippen LogP contribution in [-0.4, -0.2) is 15.0 Å². The van der Waals surface area contributed by atoms with E-state index < -0.39 is 0 Å². The molecular formula is C20H13ClN4OS. The summed E-state index contributed by atoms with van der Waals surface area (Å²) < 4.78 is 7.15. The largest absolute Gasteiger partial charge is 0.456 e. The van der Waals surface area contributed by atoms with Crippen molar-refractivity contribution >= 4 is 55.6 Å². The van der Waals surface area contributed by atoms with Crippen molar-refractivity contribution in [1.29, 1.82) is 0 Å². The van der Waals surface area contributed by atoms with Crippen molar-refractivity contribution in [3.05, 3.63) is 71.5 Å². The standard InChI is InChI=1S/C20H13ClN4OS/c21-15-9-13(25-20-19-16(5-7-22-19)23-11-24-20)2-4-17(15)26-14-3-1-12-6-8-27-18(12)10-14/h1-11,22H,(H,23,24,25). The molecule has 5 rings (SSSR count). The van der Waals surface area contributed by atoms with Gasteiger partial charge in [-0.25, -0.2) is 9.97 Å². The van der Waals surface area contributed by atoms with Gasteiger partial charge in [-0.3, -0.25) is 0 Å². The van der Waals surface area contributed by atoms with Gasteiger partial charge < -0.3 is 15.0 Å². The Morgan fingerprint density at radius 3 is 2.93 bits per heavy atom. The lowest BCUT2D eigenvalue weighted by Crippen LogP contribution is -1.96. The Kier molecular flexibility index (Phi) is 3.92. The highest BCUT2D eigenvalue weighted by Gasteiger charge is 2.09. The maximum absolute atomic E-state index is 6.44. The molecule has 5 aromatic rings. The lowest BCUT2D eigenvalue weighted by Gasteiger charge is -2.11. The van der Waals surface area contributed by atoms with Gasteiger partial charge in [-0.1, -0.05) is 11.6 Å². The Balaban J connectivity index is 1.40. The number of thiophene rings is 1. The average molecular weight is 393 g/mol. The van der Waals surface area contributed by atoms with Crippen LogP contribution in [0.3, 0.4) is 0 Å². The van der Waals surface area contributed by atoms with E-state index in [4.69, 9.17) is 16.3 Å². The predicted molar refractivity (Wildman–Crippen MR) is 111 cm³/mol. The first-order chi connectivity index (χ1) is 13.3. The fraction of sp³-hybridized carbons (Fsp3) is 0. The van der Waals surface area contributed by atoms with E-state index in [1.807, 2.05) is 48.7 Å². The van der Waals surface area contributed by atoms with Gasteiger partial charge in [0.05, 0.1) is 10.5 Å². The van der Waals surface area contributed by atoms with E-state index in [0.717, 1.165) is 22.5 Å². The number of nitrogens with zero attached hydrogens (tertiary/aromatic N) is 2. The molecule has 0 saturated heterocycles. The Morgan fingerprint density at radius 2 is 2.00 bits per heavy atom. The van der Waals surface area contributed by atoms with Crippen molar-refractivity contribution in [3.8, 4) is 11.5 Å². The molecule has 0 radical (unpaired) electrons. The van der Waals surface area contributed by atoms with Gasteiger partial charge in [0.1, 0.15) is 23.3 Å². The minimum atomic E-state index is 0.517. The number of rotatable bonds is 4. The van der Waals surface area contributed by atoms with Crippen LogP contribution in [-0.2, 0) is 0 Å². The monoisotopic (exact) mass is 392 g/mol. The van der Waals surface area contributed by atoms with Crippen LogP contribution < -0.4 is 10.1 Å². The van der Waals surface area contributed by atoms with E-state index >= 15 is 0 Å². The first kappa shape index (κ1) is 16.1. The first-order valence-electron chi connectivity index (χ1n) is 8.26. The molecule has 0 aliphatic rings.